The number of hydrogen-bond donors (Lipinski definition) is 0. The number of hydrogen-bond acceptors (Lipinski definition) is 6. The zero-order valence-electron chi connectivity index (χ0n) is 17.0. The first-order valence-electron chi connectivity index (χ1n) is 10.1. The molecular formula is C26H18N4OS. The number of rotatable bonds is 1. The third-order valence-electron chi connectivity index (χ3n) is 4.82. The largest absolute Gasteiger partial charge is 0.423 e. The summed E-state index contributed by atoms with van der Waals surface area (Å²) in [5.74, 6) is 0.561. The molecule has 2 aromatic heterocycles. The fourth-order valence-corrected chi connectivity index (χ4v) is 4.43. The molecule has 0 fully saturated rings. The summed E-state index contributed by atoms with van der Waals surface area (Å²) in [6.45, 7) is 0. The third kappa shape index (κ3) is 4.31. The zero-order chi connectivity index (χ0) is 21.6. The van der Waals surface area contributed by atoms with E-state index in [2.05, 4.69) is 68.7 Å². The Labute approximate surface area is 188 Å². The van der Waals surface area contributed by atoms with E-state index >= 15 is 0 Å². The fraction of sp³-hybridized carbons (Fsp3) is 0. The predicted octanol–water partition coefficient (Wildman–Crippen LogP) is 6.71. The van der Waals surface area contributed by atoms with Crippen LogP contribution in [0.15, 0.2) is 123 Å². The maximum absolute atomic E-state index is 5.00. The highest BCUT2D eigenvalue weighted by molar-refractivity contribution is 7.25. The standard InChI is InChI=1S/C12H8S.C8H6N2O.C6H4N2/c1-3-7-11-9(5-1)10-6-2-4-8-12(10)13-11;1-2-4-7(5-3-1)8-10-9-6-11-8;1-3-7-6-2-4-8-5(1)6/h1-8H;1-6H;1-4H. The maximum atomic E-state index is 5.00. The van der Waals surface area contributed by atoms with E-state index < -0.39 is 0 Å². The molecule has 0 atom stereocenters. The summed E-state index contributed by atoms with van der Waals surface area (Å²) in [7, 11) is 0. The molecule has 0 N–H and O–H groups in total. The summed E-state index contributed by atoms with van der Waals surface area (Å²) in [6.07, 6.45) is 8.64. The van der Waals surface area contributed by atoms with Crippen molar-refractivity contribution in [2.24, 2.45) is 9.98 Å². The van der Waals surface area contributed by atoms with Crippen LogP contribution in [0.3, 0.4) is 0 Å². The van der Waals surface area contributed by atoms with E-state index in [1.807, 2.05) is 53.8 Å². The fourth-order valence-electron chi connectivity index (χ4n) is 3.32. The van der Waals surface area contributed by atoms with Gasteiger partial charge in [0, 0.05) is 38.2 Å². The lowest BCUT2D eigenvalue weighted by Gasteiger charge is -1.89. The van der Waals surface area contributed by atoms with Crippen molar-refractivity contribution in [3.05, 3.63) is 109 Å². The van der Waals surface area contributed by atoms with Gasteiger partial charge in [-0.05, 0) is 36.4 Å². The van der Waals surface area contributed by atoms with E-state index in [1.165, 1.54) is 26.6 Å². The van der Waals surface area contributed by atoms with E-state index in [9.17, 15) is 0 Å². The van der Waals surface area contributed by atoms with Crippen LogP contribution in [0.2, 0.25) is 0 Å². The molecule has 0 amide bonds. The van der Waals surface area contributed by atoms with Gasteiger partial charge in [-0.25, -0.2) is 0 Å². The van der Waals surface area contributed by atoms with Gasteiger partial charge in [-0.3, -0.25) is 9.98 Å². The Morgan fingerprint density at radius 2 is 1.19 bits per heavy atom. The number of fused-ring (bicyclic) bond motifs is 4. The van der Waals surface area contributed by atoms with Gasteiger partial charge < -0.3 is 4.42 Å². The molecule has 0 spiro atoms. The minimum absolute atomic E-state index is 0.561. The van der Waals surface area contributed by atoms with Crippen LogP contribution in [0, 0.1) is 0 Å². The minimum atomic E-state index is 0.561. The lowest BCUT2D eigenvalue weighted by Crippen LogP contribution is -1.75. The summed E-state index contributed by atoms with van der Waals surface area (Å²) >= 11 is 1.86. The highest BCUT2D eigenvalue weighted by Crippen LogP contribution is 2.32. The molecule has 0 saturated heterocycles. The summed E-state index contributed by atoms with van der Waals surface area (Å²) in [4.78, 5) is 8.03. The number of nitrogens with zero attached hydrogens (tertiary/aromatic N) is 4. The maximum Gasteiger partial charge on any atom is 0.247 e. The topological polar surface area (TPSA) is 63.6 Å². The molecule has 0 aliphatic carbocycles. The second-order valence-electron chi connectivity index (χ2n) is 6.86. The molecule has 0 unspecified atom stereocenters. The molecule has 0 radical (unpaired) electrons. The van der Waals surface area contributed by atoms with Gasteiger partial charge in [-0.1, -0.05) is 54.6 Å². The molecule has 154 valence electrons. The van der Waals surface area contributed by atoms with Crippen molar-refractivity contribution in [3.8, 4) is 11.5 Å². The van der Waals surface area contributed by atoms with Crippen LogP contribution in [-0.4, -0.2) is 22.6 Å². The number of aromatic nitrogens is 2. The summed E-state index contributed by atoms with van der Waals surface area (Å²) in [5, 5.41) is 10.1. The molecule has 0 bridgehead atoms. The normalized spacial score (nSPS) is 13.1. The molecule has 6 heteroatoms. The quantitative estimate of drug-likeness (QED) is 0.294. The number of thiophene rings is 1. The molecule has 5 nitrogen and oxygen atoms in total. The lowest BCUT2D eigenvalue weighted by atomic mass is 10.2. The van der Waals surface area contributed by atoms with Crippen molar-refractivity contribution in [2.45, 2.75) is 0 Å². The van der Waals surface area contributed by atoms with Gasteiger partial charge in [-0.2, -0.15) is 0 Å². The van der Waals surface area contributed by atoms with Crippen molar-refractivity contribution in [1.29, 1.82) is 0 Å². The number of benzene rings is 3. The van der Waals surface area contributed by atoms with Crippen LogP contribution >= 0.6 is 11.3 Å². The highest BCUT2D eigenvalue weighted by Gasteiger charge is 2.07. The molecule has 3 aromatic carbocycles. The first-order valence-corrected chi connectivity index (χ1v) is 10.9. The molecule has 32 heavy (non-hydrogen) atoms. The van der Waals surface area contributed by atoms with E-state index in [4.69, 9.17) is 4.42 Å². The van der Waals surface area contributed by atoms with Crippen LogP contribution in [0.5, 0.6) is 0 Å². The Hall–Kier alpha value is -4.16. The predicted molar refractivity (Wildman–Crippen MR) is 132 cm³/mol. The Balaban J connectivity index is 0.000000104. The summed E-state index contributed by atoms with van der Waals surface area (Å²) < 4.78 is 7.75. The Morgan fingerprint density at radius 1 is 0.625 bits per heavy atom. The van der Waals surface area contributed by atoms with Crippen LogP contribution in [0.1, 0.15) is 0 Å². The van der Waals surface area contributed by atoms with Crippen LogP contribution in [0.25, 0.3) is 31.6 Å². The van der Waals surface area contributed by atoms with Crippen molar-refractivity contribution >= 4 is 43.9 Å². The average molecular weight is 435 g/mol. The van der Waals surface area contributed by atoms with Crippen LogP contribution in [-0.2, 0) is 0 Å². The molecule has 5 aromatic rings. The second kappa shape index (κ2) is 9.32. The van der Waals surface area contributed by atoms with Gasteiger partial charge in [0.15, 0.2) is 0 Å². The van der Waals surface area contributed by atoms with Gasteiger partial charge >= 0.3 is 0 Å². The van der Waals surface area contributed by atoms with Crippen molar-refractivity contribution in [3.63, 3.8) is 0 Å². The molecule has 4 heterocycles. The van der Waals surface area contributed by atoms with Gasteiger partial charge in [0.25, 0.3) is 0 Å². The molecule has 7 rings (SSSR count). The van der Waals surface area contributed by atoms with Crippen LogP contribution < -0.4 is 0 Å². The van der Waals surface area contributed by atoms with Gasteiger partial charge in [-0.15, -0.1) is 21.5 Å². The Morgan fingerprint density at radius 3 is 1.75 bits per heavy atom. The first-order chi connectivity index (χ1) is 15.9. The molecular weight excluding hydrogens is 416 g/mol. The minimum Gasteiger partial charge on any atom is -0.423 e. The average Bonchev–Trinajstić information content (AvgIpc) is 3.64. The summed E-state index contributed by atoms with van der Waals surface area (Å²) in [5.41, 5.74) is 2.93. The number of aliphatic imine (C=N–C) groups is 2. The van der Waals surface area contributed by atoms with Crippen molar-refractivity contribution in [1.82, 2.24) is 10.2 Å². The van der Waals surface area contributed by atoms with Crippen molar-refractivity contribution < 1.29 is 4.42 Å². The van der Waals surface area contributed by atoms with E-state index in [0.29, 0.717) is 5.89 Å². The SMILES string of the molecule is C1=NC2=CC=NC2=C1.c1ccc(-c2nnco2)cc1.c1ccc2c(c1)sc1ccccc12. The Bertz CT molecular complexity index is 1390. The van der Waals surface area contributed by atoms with Gasteiger partial charge in [0.05, 0.1) is 11.4 Å². The summed E-state index contributed by atoms with van der Waals surface area (Å²) in [6, 6.07) is 26.8. The van der Waals surface area contributed by atoms with Crippen LogP contribution in [0.4, 0.5) is 0 Å². The highest BCUT2D eigenvalue weighted by atomic mass is 32.1. The molecule has 2 aliphatic heterocycles. The van der Waals surface area contributed by atoms with E-state index in [-0.39, 0.29) is 0 Å². The van der Waals surface area contributed by atoms with Gasteiger partial charge in [0.2, 0.25) is 12.3 Å². The molecule has 0 saturated carbocycles. The van der Waals surface area contributed by atoms with E-state index in [1.54, 1.807) is 12.4 Å². The smallest absolute Gasteiger partial charge is 0.247 e. The van der Waals surface area contributed by atoms with Gasteiger partial charge in [0.1, 0.15) is 0 Å². The van der Waals surface area contributed by atoms with E-state index in [0.717, 1.165) is 17.0 Å². The zero-order valence-corrected chi connectivity index (χ0v) is 17.8. The third-order valence-corrected chi connectivity index (χ3v) is 5.97. The monoisotopic (exact) mass is 434 g/mol. The molecule has 2 aliphatic rings. The van der Waals surface area contributed by atoms with Crippen molar-refractivity contribution in [2.75, 3.05) is 0 Å². The second-order valence-corrected chi connectivity index (χ2v) is 7.95. The number of allylic oxidation sites excluding steroid dienone is 2. The lowest BCUT2D eigenvalue weighted by molar-refractivity contribution is 0.568. The first kappa shape index (κ1) is 19.8. The Kier molecular flexibility index (Phi) is 5.76.